The third-order valence-electron chi connectivity index (χ3n) is 4.61. The molecule has 0 aliphatic carbocycles. The molecule has 6 aromatic rings. The Kier molecular flexibility index (Phi) is 6.25. The van der Waals surface area contributed by atoms with Gasteiger partial charge in [0, 0.05) is 37.1 Å². The van der Waals surface area contributed by atoms with E-state index in [1.54, 1.807) is 28.0 Å². The number of rotatable bonds is 0. The molecule has 0 aliphatic heterocycles. The first kappa shape index (κ1) is 21.9. The summed E-state index contributed by atoms with van der Waals surface area (Å²) in [6.45, 7) is 5.85. The van der Waals surface area contributed by atoms with Gasteiger partial charge in [0.15, 0.2) is 5.65 Å². The van der Waals surface area contributed by atoms with Gasteiger partial charge in [0.25, 0.3) is 0 Å². The summed E-state index contributed by atoms with van der Waals surface area (Å²) in [5, 5.41) is 9.46. The van der Waals surface area contributed by atoms with Gasteiger partial charge >= 0.3 is 0 Å². The summed E-state index contributed by atoms with van der Waals surface area (Å²) in [6.07, 6.45) is 10.6. The van der Waals surface area contributed by atoms with Crippen molar-refractivity contribution in [2.45, 2.75) is 20.8 Å². The molecule has 0 aromatic carbocycles. The number of pyridine rings is 2. The topological polar surface area (TPSA) is 113 Å². The summed E-state index contributed by atoms with van der Waals surface area (Å²) in [7, 11) is 3.77. The molecule has 0 amide bonds. The highest BCUT2D eigenvalue weighted by molar-refractivity contribution is 5.77. The third kappa shape index (κ3) is 5.48. The molecule has 0 spiro atoms. The number of fused-ring (bicyclic) bond motifs is 3. The predicted molar refractivity (Wildman–Crippen MR) is 126 cm³/mol. The smallest absolute Gasteiger partial charge is 0.199 e. The van der Waals surface area contributed by atoms with Crippen LogP contribution in [0.3, 0.4) is 0 Å². The molecule has 33 heavy (non-hydrogen) atoms. The van der Waals surface area contributed by atoms with Crippen molar-refractivity contribution >= 4 is 33.1 Å². The van der Waals surface area contributed by atoms with Gasteiger partial charge in [-0.25, -0.2) is 24.9 Å². The lowest BCUT2D eigenvalue weighted by Crippen LogP contribution is -1.86. The minimum Gasteiger partial charge on any atom is -0.275 e. The van der Waals surface area contributed by atoms with Gasteiger partial charge in [0.05, 0.1) is 36.0 Å². The quantitative estimate of drug-likeness (QED) is 0.354. The van der Waals surface area contributed by atoms with E-state index in [2.05, 4.69) is 40.1 Å². The molecule has 10 heteroatoms. The lowest BCUT2D eigenvalue weighted by molar-refractivity contribution is 0.776. The molecule has 6 rings (SSSR count). The highest BCUT2D eigenvalue weighted by Gasteiger charge is 1.99. The zero-order valence-electron chi connectivity index (χ0n) is 19.2. The van der Waals surface area contributed by atoms with Crippen molar-refractivity contribution in [2.75, 3.05) is 0 Å². The zero-order valence-corrected chi connectivity index (χ0v) is 19.2. The normalized spacial score (nSPS) is 10.6. The molecule has 6 heterocycles. The van der Waals surface area contributed by atoms with E-state index in [4.69, 9.17) is 0 Å². The van der Waals surface area contributed by atoms with E-state index in [-0.39, 0.29) is 0 Å². The van der Waals surface area contributed by atoms with Crippen molar-refractivity contribution in [2.24, 2.45) is 14.1 Å². The van der Waals surface area contributed by atoms with Crippen LogP contribution in [0.15, 0.2) is 55.5 Å². The molecule has 0 saturated carbocycles. The Balaban J connectivity index is 0.000000118. The van der Waals surface area contributed by atoms with E-state index in [9.17, 15) is 0 Å². The Bertz CT molecular complexity index is 1460. The molecule has 0 radical (unpaired) electrons. The summed E-state index contributed by atoms with van der Waals surface area (Å²) >= 11 is 0. The van der Waals surface area contributed by atoms with Crippen LogP contribution in [0.1, 0.15) is 17.1 Å². The summed E-state index contributed by atoms with van der Waals surface area (Å²) in [5.41, 5.74) is 7.21. The number of aromatic nitrogens is 10. The van der Waals surface area contributed by atoms with Crippen LogP contribution in [0.2, 0.25) is 0 Å². The standard InChI is InChI=1S/C8H9N3.C8H7N3.C7H8N4/c1-6-3-7-5-11(2)10-8(7)4-9-6;1-6-2-3-7-8(11-6)4-9-5-10-7;1-5-3-8-7-6(9-5)4-11(2)10-7/h3-5H,1-2H3;2-5H,1H3;3-4H,1-2H3. The fraction of sp³-hybridized carbons (Fsp3) is 0.217. The second kappa shape index (κ2) is 9.43. The predicted octanol–water partition coefficient (Wildman–Crippen LogP) is 3.28. The molecule has 166 valence electrons. The zero-order chi connectivity index (χ0) is 23.4. The third-order valence-corrected chi connectivity index (χ3v) is 4.61. The molecule has 0 bridgehead atoms. The van der Waals surface area contributed by atoms with E-state index in [0.29, 0.717) is 5.65 Å². The Morgan fingerprint density at radius 3 is 2.27 bits per heavy atom. The Morgan fingerprint density at radius 2 is 1.42 bits per heavy atom. The first-order valence-electron chi connectivity index (χ1n) is 10.3. The molecule has 0 unspecified atom stereocenters. The minimum atomic E-state index is 0.707. The molecule has 0 fully saturated rings. The van der Waals surface area contributed by atoms with Crippen molar-refractivity contribution in [3.8, 4) is 0 Å². The van der Waals surface area contributed by atoms with Gasteiger partial charge in [-0.1, -0.05) is 0 Å². The Hall–Kier alpha value is -4.34. The van der Waals surface area contributed by atoms with E-state index in [1.807, 2.05) is 65.5 Å². The van der Waals surface area contributed by atoms with Gasteiger partial charge in [0.1, 0.15) is 22.9 Å². The fourth-order valence-electron chi connectivity index (χ4n) is 3.14. The summed E-state index contributed by atoms with van der Waals surface area (Å²) in [5.74, 6) is 0. The molecule has 6 aromatic heterocycles. The summed E-state index contributed by atoms with van der Waals surface area (Å²) in [6, 6.07) is 5.91. The van der Waals surface area contributed by atoms with Crippen LogP contribution in [0.5, 0.6) is 0 Å². The van der Waals surface area contributed by atoms with Crippen LogP contribution in [0, 0.1) is 20.8 Å². The molecule has 0 N–H and O–H groups in total. The lowest BCUT2D eigenvalue weighted by atomic mass is 10.3. The first-order valence-corrected chi connectivity index (χ1v) is 10.3. The SMILES string of the molecule is Cc1cc2cn(C)nc2cn1.Cc1ccc2ncncc2n1.Cc1cnc2nn(C)cc2n1. The number of hydrogen-bond donors (Lipinski definition) is 0. The van der Waals surface area contributed by atoms with Crippen LogP contribution in [-0.2, 0) is 14.1 Å². The molecule has 0 aliphatic rings. The maximum Gasteiger partial charge on any atom is 0.199 e. The van der Waals surface area contributed by atoms with Crippen LogP contribution < -0.4 is 0 Å². The molecule has 0 atom stereocenters. The number of hydrogen-bond acceptors (Lipinski definition) is 8. The Morgan fingerprint density at radius 1 is 0.636 bits per heavy atom. The first-order chi connectivity index (χ1) is 15.9. The van der Waals surface area contributed by atoms with Crippen molar-refractivity contribution in [3.05, 3.63) is 72.6 Å². The van der Waals surface area contributed by atoms with E-state index < -0.39 is 0 Å². The highest BCUT2D eigenvalue weighted by Crippen LogP contribution is 2.10. The summed E-state index contributed by atoms with van der Waals surface area (Å²) < 4.78 is 3.51. The van der Waals surface area contributed by atoms with Gasteiger partial charge in [-0.05, 0) is 39.0 Å². The average Bonchev–Trinajstić information content (AvgIpc) is 3.34. The lowest BCUT2D eigenvalue weighted by Gasteiger charge is -1.94. The maximum atomic E-state index is 4.25. The maximum absolute atomic E-state index is 4.25. The number of aryl methyl sites for hydroxylation is 5. The van der Waals surface area contributed by atoms with Crippen molar-refractivity contribution in [1.29, 1.82) is 0 Å². The van der Waals surface area contributed by atoms with Gasteiger partial charge in [0.2, 0.25) is 0 Å². The van der Waals surface area contributed by atoms with Crippen molar-refractivity contribution in [1.82, 2.24) is 49.5 Å². The molecular weight excluding hydrogens is 416 g/mol. The van der Waals surface area contributed by atoms with Crippen LogP contribution in [0.25, 0.3) is 33.1 Å². The van der Waals surface area contributed by atoms with Gasteiger partial charge < -0.3 is 0 Å². The monoisotopic (exact) mass is 440 g/mol. The van der Waals surface area contributed by atoms with Crippen molar-refractivity contribution in [3.63, 3.8) is 0 Å². The van der Waals surface area contributed by atoms with Crippen LogP contribution >= 0.6 is 0 Å². The van der Waals surface area contributed by atoms with Gasteiger partial charge in [-0.2, -0.15) is 10.2 Å². The van der Waals surface area contributed by atoms with Crippen LogP contribution in [0.4, 0.5) is 0 Å². The minimum absolute atomic E-state index is 0.707. The van der Waals surface area contributed by atoms with Crippen molar-refractivity contribution < 1.29 is 0 Å². The largest absolute Gasteiger partial charge is 0.275 e. The van der Waals surface area contributed by atoms with E-state index >= 15 is 0 Å². The Labute approximate surface area is 190 Å². The van der Waals surface area contributed by atoms with Gasteiger partial charge in [-0.3, -0.25) is 14.3 Å². The fourth-order valence-corrected chi connectivity index (χ4v) is 3.14. The van der Waals surface area contributed by atoms with Gasteiger partial charge in [-0.15, -0.1) is 0 Å². The van der Waals surface area contributed by atoms with E-state index in [1.165, 1.54) is 6.33 Å². The number of nitrogens with zero attached hydrogens (tertiary/aromatic N) is 10. The second-order valence-electron chi connectivity index (χ2n) is 7.59. The molecular formula is C23H24N10. The second-order valence-corrected chi connectivity index (χ2v) is 7.59. The highest BCUT2D eigenvalue weighted by atomic mass is 15.3. The van der Waals surface area contributed by atoms with E-state index in [0.717, 1.165) is 44.5 Å². The van der Waals surface area contributed by atoms with Crippen LogP contribution in [-0.4, -0.2) is 49.5 Å². The molecule has 10 nitrogen and oxygen atoms in total. The molecule has 0 saturated heterocycles. The average molecular weight is 441 g/mol. The summed E-state index contributed by atoms with van der Waals surface area (Å²) in [4.78, 5) is 24.7.